The first-order valence-corrected chi connectivity index (χ1v) is 8.12. The Morgan fingerprint density at radius 1 is 1.37 bits per heavy atom. The van der Waals surface area contributed by atoms with Gasteiger partial charge in [-0.15, -0.1) is 0 Å². The Balaban J connectivity index is 1.71. The third-order valence-corrected chi connectivity index (χ3v) is 4.00. The second kappa shape index (κ2) is 8.15. The van der Waals surface area contributed by atoms with Crippen LogP contribution in [0.5, 0.6) is 5.75 Å². The fourth-order valence-corrected chi connectivity index (χ4v) is 2.66. The molecule has 0 bridgehead atoms. The molecule has 7 nitrogen and oxygen atoms in total. The third-order valence-electron chi connectivity index (χ3n) is 3.71. The maximum absolute atomic E-state index is 13.1. The van der Waals surface area contributed by atoms with Gasteiger partial charge in [-0.25, -0.2) is 9.18 Å². The molecule has 0 atom stereocenters. The van der Waals surface area contributed by atoms with Crippen LogP contribution in [0.3, 0.4) is 0 Å². The summed E-state index contributed by atoms with van der Waals surface area (Å²) in [7, 11) is 0. The molecule has 0 saturated heterocycles. The highest BCUT2D eigenvalue weighted by Gasteiger charge is 2.21. The second-order valence-electron chi connectivity index (χ2n) is 5.58. The molecule has 1 aliphatic heterocycles. The van der Waals surface area contributed by atoms with Crippen LogP contribution >= 0.6 is 11.6 Å². The highest BCUT2D eigenvalue weighted by Crippen LogP contribution is 2.33. The van der Waals surface area contributed by atoms with Crippen molar-refractivity contribution in [3.63, 3.8) is 0 Å². The largest absolute Gasteiger partial charge is 0.467 e. The summed E-state index contributed by atoms with van der Waals surface area (Å²) >= 11 is 5.67. The third kappa shape index (κ3) is 4.60. The second-order valence-corrected chi connectivity index (χ2v) is 5.98. The topological polar surface area (TPSA) is 87.9 Å². The van der Waals surface area contributed by atoms with Crippen LogP contribution in [-0.2, 0) is 27.5 Å². The van der Waals surface area contributed by atoms with Gasteiger partial charge in [0.15, 0.2) is 6.79 Å². The number of nitrogens with zero attached hydrogens (tertiary/aromatic N) is 1. The lowest BCUT2D eigenvalue weighted by Crippen LogP contribution is -2.14. The summed E-state index contributed by atoms with van der Waals surface area (Å²) < 4.78 is 28.7. The average molecular weight is 394 g/mol. The molecule has 0 aliphatic carbocycles. The Bertz CT molecular complexity index is 930. The average Bonchev–Trinajstić information content (AvgIpc) is 2.66. The molecule has 0 N–H and O–H groups in total. The number of hydrogen-bond donors (Lipinski definition) is 0. The number of ether oxygens (including phenoxy) is 3. The Kier molecular flexibility index (Phi) is 5.68. The molecule has 0 radical (unpaired) electrons. The van der Waals surface area contributed by atoms with E-state index in [1.807, 2.05) is 0 Å². The van der Waals surface area contributed by atoms with Crippen molar-refractivity contribution in [2.45, 2.75) is 13.2 Å². The van der Waals surface area contributed by atoms with Crippen LogP contribution in [0, 0.1) is 15.9 Å². The number of rotatable bonds is 5. The zero-order chi connectivity index (χ0) is 19.4. The normalized spacial score (nSPS) is 13.1. The highest BCUT2D eigenvalue weighted by atomic mass is 35.5. The van der Waals surface area contributed by atoms with Crippen LogP contribution in [-0.4, -0.2) is 17.7 Å². The minimum absolute atomic E-state index is 0.0109. The highest BCUT2D eigenvalue weighted by molar-refractivity contribution is 6.30. The predicted octanol–water partition coefficient (Wildman–Crippen LogP) is 4.01. The van der Waals surface area contributed by atoms with E-state index in [0.29, 0.717) is 22.4 Å². The van der Waals surface area contributed by atoms with Crippen molar-refractivity contribution in [2.75, 3.05) is 6.79 Å². The summed E-state index contributed by atoms with van der Waals surface area (Å²) in [5.41, 5.74) is 1.25. The monoisotopic (exact) mass is 393 g/mol. The molecule has 2 aromatic rings. The number of fused-ring (bicyclic) bond motifs is 1. The molecule has 140 valence electrons. The van der Waals surface area contributed by atoms with Gasteiger partial charge in [-0.1, -0.05) is 17.7 Å². The van der Waals surface area contributed by atoms with E-state index in [9.17, 15) is 19.3 Å². The molecule has 0 aromatic heterocycles. The smallest absolute Gasteiger partial charge is 0.331 e. The van der Waals surface area contributed by atoms with Crippen molar-refractivity contribution in [3.05, 3.63) is 74.1 Å². The van der Waals surface area contributed by atoms with Gasteiger partial charge in [-0.3, -0.25) is 10.1 Å². The van der Waals surface area contributed by atoms with Crippen LogP contribution in [0.15, 0.2) is 36.4 Å². The lowest BCUT2D eigenvalue weighted by atomic mass is 10.1. The molecule has 0 spiro atoms. The van der Waals surface area contributed by atoms with Gasteiger partial charge in [0, 0.05) is 29.3 Å². The van der Waals surface area contributed by atoms with E-state index in [-0.39, 0.29) is 30.7 Å². The number of carbonyl (C=O) groups is 1. The fraction of sp³-hybridized carbons (Fsp3) is 0.167. The fourth-order valence-electron chi connectivity index (χ4n) is 2.47. The number of nitro benzene ring substituents is 1. The van der Waals surface area contributed by atoms with Crippen molar-refractivity contribution in [1.82, 2.24) is 0 Å². The molecular formula is C18H13ClFNO6. The number of esters is 1. The number of non-ortho nitro benzene ring substituents is 1. The standard InChI is InChI=1S/C18H13ClFNO6/c19-15-5-11(1-3-16(15)20)2-4-17(22)26-9-13-7-14(21(23)24)6-12-8-25-10-27-18(12)13/h1-7H,8-10H2/b4-2+. The van der Waals surface area contributed by atoms with Gasteiger partial charge in [0.05, 0.1) is 16.6 Å². The van der Waals surface area contributed by atoms with Gasteiger partial charge in [0.1, 0.15) is 18.2 Å². The van der Waals surface area contributed by atoms with Gasteiger partial charge in [-0.2, -0.15) is 0 Å². The first-order valence-electron chi connectivity index (χ1n) is 7.74. The minimum atomic E-state index is -0.678. The molecule has 1 aliphatic rings. The van der Waals surface area contributed by atoms with E-state index in [1.54, 1.807) is 0 Å². The molecule has 0 saturated carbocycles. The number of benzene rings is 2. The van der Waals surface area contributed by atoms with E-state index in [4.69, 9.17) is 25.8 Å². The lowest BCUT2D eigenvalue weighted by molar-refractivity contribution is -0.385. The summed E-state index contributed by atoms with van der Waals surface area (Å²) in [6, 6.07) is 6.65. The van der Waals surface area contributed by atoms with Crippen LogP contribution in [0.25, 0.3) is 6.08 Å². The summed E-state index contributed by atoms with van der Waals surface area (Å²) in [4.78, 5) is 22.4. The molecular weight excluding hydrogens is 381 g/mol. The van der Waals surface area contributed by atoms with Crippen molar-refractivity contribution < 1.29 is 28.3 Å². The molecule has 3 rings (SSSR count). The molecule has 1 heterocycles. The van der Waals surface area contributed by atoms with Crippen molar-refractivity contribution >= 4 is 29.3 Å². The van der Waals surface area contributed by atoms with Crippen LogP contribution in [0.4, 0.5) is 10.1 Å². The molecule has 9 heteroatoms. The summed E-state index contributed by atoms with van der Waals surface area (Å²) in [6.07, 6.45) is 2.57. The van der Waals surface area contributed by atoms with Crippen LogP contribution in [0.2, 0.25) is 5.02 Å². The molecule has 0 fully saturated rings. The van der Waals surface area contributed by atoms with Crippen molar-refractivity contribution in [2.24, 2.45) is 0 Å². The maximum atomic E-state index is 13.1. The van der Waals surface area contributed by atoms with Gasteiger partial charge in [-0.05, 0) is 23.8 Å². The van der Waals surface area contributed by atoms with Crippen LogP contribution in [0.1, 0.15) is 16.7 Å². The number of halogens is 2. The Morgan fingerprint density at radius 3 is 2.93 bits per heavy atom. The lowest BCUT2D eigenvalue weighted by Gasteiger charge is -2.20. The van der Waals surface area contributed by atoms with E-state index in [2.05, 4.69) is 0 Å². The quantitative estimate of drug-likeness (QED) is 0.330. The molecule has 27 heavy (non-hydrogen) atoms. The Morgan fingerprint density at radius 2 is 2.19 bits per heavy atom. The van der Waals surface area contributed by atoms with Gasteiger partial charge < -0.3 is 14.2 Å². The Labute approximate surface area is 158 Å². The molecule has 0 unspecified atom stereocenters. The minimum Gasteiger partial charge on any atom is -0.467 e. The SMILES string of the molecule is O=C(/C=C/c1ccc(F)c(Cl)c1)OCc1cc([N+](=O)[O-])cc2c1OCOC2. The van der Waals surface area contributed by atoms with E-state index in [1.165, 1.54) is 36.4 Å². The zero-order valence-electron chi connectivity index (χ0n) is 13.8. The summed E-state index contributed by atoms with van der Waals surface area (Å²) in [6.45, 7) is -0.0302. The molecule has 2 aromatic carbocycles. The van der Waals surface area contributed by atoms with Gasteiger partial charge in [0.2, 0.25) is 0 Å². The van der Waals surface area contributed by atoms with Gasteiger partial charge >= 0.3 is 5.97 Å². The van der Waals surface area contributed by atoms with E-state index in [0.717, 1.165) is 6.08 Å². The van der Waals surface area contributed by atoms with Crippen molar-refractivity contribution in [3.8, 4) is 5.75 Å². The number of hydrogen-bond acceptors (Lipinski definition) is 6. The number of nitro groups is 1. The van der Waals surface area contributed by atoms with E-state index < -0.39 is 16.7 Å². The molecule has 0 amide bonds. The first kappa shape index (κ1) is 18.8. The predicted molar refractivity (Wildman–Crippen MR) is 93.6 cm³/mol. The van der Waals surface area contributed by atoms with Gasteiger partial charge in [0.25, 0.3) is 5.69 Å². The van der Waals surface area contributed by atoms with Crippen molar-refractivity contribution in [1.29, 1.82) is 0 Å². The maximum Gasteiger partial charge on any atom is 0.331 e. The zero-order valence-corrected chi connectivity index (χ0v) is 14.6. The van der Waals surface area contributed by atoms with Crippen LogP contribution < -0.4 is 4.74 Å². The van der Waals surface area contributed by atoms with E-state index >= 15 is 0 Å². The first-order chi connectivity index (χ1) is 12.9. The summed E-state index contributed by atoms with van der Waals surface area (Å²) in [5, 5.41) is 11.0. The number of carbonyl (C=O) groups excluding carboxylic acids is 1. The summed E-state index contributed by atoms with van der Waals surface area (Å²) in [5.74, 6) is -0.826. The Hall–Kier alpha value is -2.97.